The van der Waals surface area contributed by atoms with Gasteiger partial charge in [0.05, 0.1) is 0 Å². The number of nitrogens with zero attached hydrogens (tertiary/aromatic N) is 1. The fraction of sp³-hybridized carbons (Fsp3) is 0.647. The van der Waals surface area contributed by atoms with Gasteiger partial charge in [0.25, 0.3) is 0 Å². The average Bonchev–Trinajstić information content (AvgIpc) is 3.11. The second-order valence-electron chi connectivity index (χ2n) is 6.16. The Balaban J connectivity index is 1.87. The minimum atomic E-state index is 0.439. The molecule has 0 bridgehead atoms. The Labute approximate surface area is 132 Å². The van der Waals surface area contributed by atoms with Crippen LogP contribution in [0.2, 0.25) is 0 Å². The normalized spacial score (nSPS) is 23.1. The molecule has 1 aromatic rings. The number of rotatable bonds is 8. The van der Waals surface area contributed by atoms with Crippen LogP contribution >= 0.6 is 15.9 Å². The van der Waals surface area contributed by atoms with Gasteiger partial charge in [-0.15, -0.1) is 0 Å². The summed E-state index contributed by atoms with van der Waals surface area (Å²) in [6.45, 7) is 7.97. The molecule has 2 nitrogen and oxygen atoms in total. The van der Waals surface area contributed by atoms with Crippen LogP contribution in [-0.4, -0.2) is 31.6 Å². The second kappa shape index (κ2) is 7.58. The second-order valence-corrected chi connectivity index (χ2v) is 7.01. The van der Waals surface area contributed by atoms with Gasteiger partial charge in [0.1, 0.15) is 0 Å². The van der Waals surface area contributed by atoms with E-state index in [1.54, 1.807) is 0 Å². The van der Waals surface area contributed by atoms with Crippen LogP contribution < -0.4 is 5.32 Å². The maximum atomic E-state index is 3.68. The summed E-state index contributed by atoms with van der Waals surface area (Å²) >= 11 is 3.68. The number of halogens is 1. The lowest BCUT2D eigenvalue weighted by molar-refractivity contribution is 0.293. The fourth-order valence-electron chi connectivity index (χ4n) is 2.87. The number of nitrogens with one attached hydrogen (secondary N) is 1. The van der Waals surface area contributed by atoms with E-state index in [0.717, 1.165) is 31.3 Å². The monoisotopic (exact) mass is 338 g/mol. The molecule has 1 saturated carbocycles. The molecule has 3 heteroatoms. The van der Waals surface area contributed by atoms with E-state index in [4.69, 9.17) is 0 Å². The van der Waals surface area contributed by atoms with Crippen LogP contribution in [0.15, 0.2) is 28.7 Å². The first-order valence-electron chi connectivity index (χ1n) is 7.78. The zero-order chi connectivity index (χ0) is 14.5. The number of benzene rings is 1. The standard InChI is InChI=1S/C17H27BrN2/c1-4-19-17(15-7-5-6-8-16(15)18)9-10-20(3)12-14-11-13(14)2/h5-8,13-14,17,19H,4,9-12H2,1-3H3. The average molecular weight is 339 g/mol. The van der Waals surface area contributed by atoms with Crippen molar-refractivity contribution in [3.63, 3.8) is 0 Å². The van der Waals surface area contributed by atoms with Crippen molar-refractivity contribution in [2.75, 3.05) is 26.7 Å². The van der Waals surface area contributed by atoms with Crippen LogP contribution in [-0.2, 0) is 0 Å². The van der Waals surface area contributed by atoms with Crippen LogP contribution in [0.5, 0.6) is 0 Å². The Morgan fingerprint density at radius 2 is 2.10 bits per heavy atom. The van der Waals surface area contributed by atoms with Gasteiger partial charge < -0.3 is 10.2 Å². The first-order valence-corrected chi connectivity index (χ1v) is 8.57. The fourth-order valence-corrected chi connectivity index (χ4v) is 3.43. The predicted octanol–water partition coefficient (Wildman–Crippen LogP) is 4.08. The molecule has 1 aliphatic carbocycles. The lowest BCUT2D eigenvalue weighted by atomic mass is 10.0. The number of hydrogen-bond donors (Lipinski definition) is 1. The minimum Gasteiger partial charge on any atom is -0.310 e. The highest BCUT2D eigenvalue weighted by atomic mass is 79.9. The molecule has 20 heavy (non-hydrogen) atoms. The highest BCUT2D eigenvalue weighted by Crippen LogP contribution is 2.38. The lowest BCUT2D eigenvalue weighted by Gasteiger charge is -2.23. The summed E-state index contributed by atoms with van der Waals surface area (Å²) in [5.41, 5.74) is 1.38. The first kappa shape index (κ1) is 16.0. The third kappa shape index (κ3) is 4.57. The quantitative estimate of drug-likeness (QED) is 0.768. The Bertz CT molecular complexity index is 421. The summed E-state index contributed by atoms with van der Waals surface area (Å²) in [4.78, 5) is 2.50. The molecule has 0 spiro atoms. The Morgan fingerprint density at radius 1 is 1.40 bits per heavy atom. The van der Waals surface area contributed by atoms with E-state index in [-0.39, 0.29) is 0 Å². The van der Waals surface area contributed by atoms with Crippen LogP contribution in [0.4, 0.5) is 0 Å². The van der Waals surface area contributed by atoms with Crippen molar-refractivity contribution >= 4 is 15.9 Å². The smallest absolute Gasteiger partial charge is 0.0343 e. The summed E-state index contributed by atoms with van der Waals surface area (Å²) in [5.74, 6) is 1.89. The van der Waals surface area contributed by atoms with E-state index < -0.39 is 0 Å². The van der Waals surface area contributed by atoms with E-state index >= 15 is 0 Å². The van der Waals surface area contributed by atoms with Gasteiger partial charge >= 0.3 is 0 Å². The van der Waals surface area contributed by atoms with Gasteiger partial charge in [-0.05, 0) is 56.4 Å². The van der Waals surface area contributed by atoms with Crippen LogP contribution in [0.1, 0.15) is 38.3 Å². The molecule has 1 fully saturated rings. The summed E-state index contributed by atoms with van der Waals surface area (Å²) in [6.07, 6.45) is 2.58. The third-order valence-corrected chi connectivity index (χ3v) is 5.08. The molecule has 1 aliphatic rings. The molecule has 0 aliphatic heterocycles. The summed E-state index contributed by atoms with van der Waals surface area (Å²) in [5, 5.41) is 3.62. The van der Waals surface area contributed by atoms with E-state index in [1.165, 1.54) is 23.0 Å². The topological polar surface area (TPSA) is 15.3 Å². The largest absolute Gasteiger partial charge is 0.310 e. The Hall–Kier alpha value is -0.380. The van der Waals surface area contributed by atoms with E-state index in [2.05, 4.69) is 71.3 Å². The molecular formula is C17H27BrN2. The lowest BCUT2D eigenvalue weighted by Crippen LogP contribution is -2.28. The highest BCUT2D eigenvalue weighted by molar-refractivity contribution is 9.10. The third-order valence-electron chi connectivity index (χ3n) is 4.35. The molecule has 1 N–H and O–H groups in total. The maximum Gasteiger partial charge on any atom is 0.0343 e. The van der Waals surface area contributed by atoms with E-state index in [1.807, 2.05) is 0 Å². The van der Waals surface area contributed by atoms with Gasteiger partial charge in [-0.1, -0.05) is 48.0 Å². The van der Waals surface area contributed by atoms with Gasteiger partial charge in [-0.2, -0.15) is 0 Å². The molecular weight excluding hydrogens is 312 g/mol. The van der Waals surface area contributed by atoms with Gasteiger partial charge in [0, 0.05) is 17.1 Å². The van der Waals surface area contributed by atoms with Crippen LogP contribution in [0.3, 0.4) is 0 Å². The summed E-state index contributed by atoms with van der Waals surface area (Å²) < 4.78 is 1.21. The predicted molar refractivity (Wildman–Crippen MR) is 89.9 cm³/mol. The molecule has 3 unspecified atom stereocenters. The van der Waals surface area contributed by atoms with Crippen molar-refractivity contribution < 1.29 is 0 Å². The number of hydrogen-bond acceptors (Lipinski definition) is 2. The van der Waals surface area contributed by atoms with Gasteiger partial charge in [-0.25, -0.2) is 0 Å². The molecule has 0 radical (unpaired) electrons. The SMILES string of the molecule is CCNC(CCN(C)CC1CC1C)c1ccccc1Br. The van der Waals surface area contributed by atoms with Crippen molar-refractivity contribution in [3.05, 3.63) is 34.3 Å². The highest BCUT2D eigenvalue weighted by Gasteiger charge is 2.33. The van der Waals surface area contributed by atoms with Crippen molar-refractivity contribution in [2.45, 2.75) is 32.7 Å². The van der Waals surface area contributed by atoms with Gasteiger partial charge in [-0.3, -0.25) is 0 Å². The first-order chi connectivity index (χ1) is 9.61. The molecule has 112 valence electrons. The Morgan fingerprint density at radius 3 is 2.70 bits per heavy atom. The van der Waals surface area contributed by atoms with Crippen LogP contribution in [0.25, 0.3) is 0 Å². The molecule has 0 amide bonds. The Kier molecular flexibility index (Phi) is 6.06. The zero-order valence-electron chi connectivity index (χ0n) is 12.9. The van der Waals surface area contributed by atoms with E-state index in [9.17, 15) is 0 Å². The molecule has 0 saturated heterocycles. The summed E-state index contributed by atoms with van der Waals surface area (Å²) in [6, 6.07) is 9.00. The maximum absolute atomic E-state index is 3.68. The van der Waals surface area contributed by atoms with Gasteiger partial charge in [0.2, 0.25) is 0 Å². The van der Waals surface area contributed by atoms with Crippen molar-refractivity contribution in [1.29, 1.82) is 0 Å². The molecule has 3 atom stereocenters. The van der Waals surface area contributed by atoms with Crippen molar-refractivity contribution in [1.82, 2.24) is 10.2 Å². The molecule has 2 rings (SSSR count). The van der Waals surface area contributed by atoms with Gasteiger partial charge in [0.15, 0.2) is 0 Å². The minimum absolute atomic E-state index is 0.439. The van der Waals surface area contributed by atoms with E-state index in [0.29, 0.717) is 6.04 Å². The zero-order valence-corrected chi connectivity index (χ0v) is 14.5. The van der Waals surface area contributed by atoms with Crippen molar-refractivity contribution in [3.8, 4) is 0 Å². The van der Waals surface area contributed by atoms with Crippen molar-refractivity contribution in [2.24, 2.45) is 11.8 Å². The molecule has 0 aromatic heterocycles. The summed E-state index contributed by atoms with van der Waals surface area (Å²) in [7, 11) is 2.26. The van der Waals surface area contributed by atoms with Crippen LogP contribution in [0, 0.1) is 11.8 Å². The molecule has 0 heterocycles. The molecule has 1 aromatic carbocycles.